The topological polar surface area (TPSA) is 67.6 Å². The Hall–Kier alpha value is -0.650. The number of hydrogen-bond donors (Lipinski definition) is 2. The molecule has 1 heterocycles. The van der Waals surface area contributed by atoms with Gasteiger partial charge in [0.15, 0.2) is 0 Å². The maximum Gasteiger partial charge on any atom is 0.237 e. The first-order valence-electron chi connectivity index (χ1n) is 6.93. The summed E-state index contributed by atoms with van der Waals surface area (Å²) in [5.41, 5.74) is 5.13. The Morgan fingerprint density at radius 1 is 1.44 bits per heavy atom. The largest absolute Gasteiger partial charge is 0.379 e. The van der Waals surface area contributed by atoms with Crippen LogP contribution < -0.4 is 11.1 Å². The third-order valence-electron chi connectivity index (χ3n) is 4.09. The van der Waals surface area contributed by atoms with Gasteiger partial charge in [0.25, 0.3) is 0 Å². The van der Waals surface area contributed by atoms with Crippen LogP contribution in [0.15, 0.2) is 0 Å². The molecular weight excluding hydrogens is 230 g/mol. The lowest BCUT2D eigenvalue weighted by molar-refractivity contribution is -0.124. The first-order valence-corrected chi connectivity index (χ1v) is 6.93. The maximum absolute atomic E-state index is 11.8. The molecule has 1 saturated heterocycles. The molecule has 0 aromatic carbocycles. The molecule has 2 rings (SSSR count). The van der Waals surface area contributed by atoms with Gasteiger partial charge in [0, 0.05) is 25.2 Å². The van der Waals surface area contributed by atoms with Crippen molar-refractivity contribution in [2.75, 3.05) is 26.3 Å². The smallest absolute Gasteiger partial charge is 0.237 e. The molecule has 18 heavy (non-hydrogen) atoms. The predicted octanol–water partition coefficient (Wildman–Crippen LogP) is 0.0932. The van der Waals surface area contributed by atoms with Crippen molar-refractivity contribution >= 4 is 5.91 Å². The summed E-state index contributed by atoms with van der Waals surface area (Å²) < 4.78 is 5.37. The van der Waals surface area contributed by atoms with E-state index in [1.807, 2.05) is 0 Å². The fraction of sp³-hybridized carbons (Fsp3) is 0.923. The number of rotatable bonds is 4. The van der Waals surface area contributed by atoms with Crippen LogP contribution in [0, 0.1) is 0 Å². The van der Waals surface area contributed by atoms with Crippen molar-refractivity contribution in [3.8, 4) is 0 Å². The summed E-state index contributed by atoms with van der Waals surface area (Å²) in [7, 11) is 0. The van der Waals surface area contributed by atoms with Crippen LogP contribution in [0.25, 0.3) is 0 Å². The zero-order valence-corrected chi connectivity index (χ0v) is 11.4. The number of hydrogen-bond acceptors (Lipinski definition) is 4. The summed E-state index contributed by atoms with van der Waals surface area (Å²) >= 11 is 0. The van der Waals surface area contributed by atoms with E-state index in [0.717, 1.165) is 45.6 Å². The van der Waals surface area contributed by atoms with Crippen molar-refractivity contribution in [3.05, 3.63) is 0 Å². The minimum absolute atomic E-state index is 0.202. The molecule has 0 bridgehead atoms. The minimum Gasteiger partial charge on any atom is -0.379 e. The molecule has 1 aliphatic carbocycles. The second-order valence-electron chi connectivity index (χ2n) is 5.79. The van der Waals surface area contributed by atoms with E-state index in [0.29, 0.717) is 6.04 Å². The van der Waals surface area contributed by atoms with Gasteiger partial charge in [-0.3, -0.25) is 9.69 Å². The summed E-state index contributed by atoms with van der Waals surface area (Å²) in [5, 5.41) is 3.39. The van der Waals surface area contributed by atoms with Crippen molar-refractivity contribution in [1.29, 1.82) is 0 Å². The van der Waals surface area contributed by atoms with Gasteiger partial charge in [-0.2, -0.15) is 0 Å². The number of carbonyl (C=O) groups is 1. The molecule has 2 fully saturated rings. The molecule has 2 unspecified atom stereocenters. The van der Waals surface area contributed by atoms with E-state index >= 15 is 0 Å². The monoisotopic (exact) mass is 255 g/mol. The number of amides is 1. The van der Waals surface area contributed by atoms with Gasteiger partial charge in [-0.25, -0.2) is 0 Å². The van der Waals surface area contributed by atoms with E-state index in [4.69, 9.17) is 10.5 Å². The molecule has 5 nitrogen and oxygen atoms in total. The zero-order chi connectivity index (χ0) is 13.2. The molecule has 0 aromatic heterocycles. The Balaban J connectivity index is 2.00. The molecule has 1 amide bonds. The number of nitrogens with one attached hydrogen (secondary N) is 1. The van der Waals surface area contributed by atoms with Crippen molar-refractivity contribution in [2.45, 2.75) is 50.7 Å². The maximum atomic E-state index is 11.8. The molecule has 1 saturated carbocycles. The number of nitrogens with two attached hydrogens (primary N) is 1. The van der Waals surface area contributed by atoms with E-state index < -0.39 is 5.54 Å². The number of ether oxygens (including phenoxy) is 1. The van der Waals surface area contributed by atoms with E-state index in [1.165, 1.54) is 0 Å². The van der Waals surface area contributed by atoms with Gasteiger partial charge in [-0.15, -0.1) is 0 Å². The van der Waals surface area contributed by atoms with Crippen molar-refractivity contribution in [3.63, 3.8) is 0 Å². The SMILES string of the molecule is CC(C)NC1(C(N)=O)CCC(N2CCOCC2)C1. The average Bonchev–Trinajstić information content (AvgIpc) is 2.75. The third kappa shape index (κ3) is 2.84. The van der Waals surface area contributed by atoms with Gasteiger partial charge < -0.3 is 15.8 Å². The summed E-state index contributed by atoms with van der Waals surface area (Å²) in [4.78, 5) is 14.2. The second kappa shape index (κ2) is 5.55. The summed E-state index contributed by atoms with van der Waals surface area (Å²) in [6.45, 7) is 7.68. The Morgan fingerprint density at radius 3 is 2.67 bits per heavy atom. The lowest BCUT2D eigenvalue weighted by atomic mass is 9.95. The normalized spacial score (nSPS) is 34.1. The Labute approximate surface area is 109 Å². The highest BCUT2D eigenvalue weighted by molar-refractivity contribution is 5.85. The van der Waals surface area contributed by atoms with Crippen LogP contribution in [0.1, 0.15) is 33.1 Å². The van der Waals surface area contributed by atoms with Crippen molar-refractivity contribution < 1.29 is 9.53 Å². The van der Waals surface area contributed by atoms with Crippen LogP contribution in [-0.2, 0) is 9.53 Å². The number of carbonyl (C=O) groups excluding carboxylic acids is 1. The molecule has 104 valence electrons. The highest BCUT2D eigenvalue weighted by Gasteiger charge is 2.45. The fourth-order valence-corrected chi connectivity index (χ4v) is 3.25. The van der Waals surface area contributed by atoms with Gasteiger partial charge in [0.1, 0.15) is 0 Å². The van der Waals surface area contributed by atoms with Gasteiger partial charge >= 0.3 is 0 Å². The van der Waals surface area contributed by atoms with Crippen molar-refractivity contribution in [2.24, 2.45) is 5.73 Å². The van der Waals surface area contributed by atoms with Gasteiger partial charge in [0.2, 0.25) is 5.91 Å². The average molecular weight is 255 g/mol. The number of primary amides is 1. The van der Waals surface area contributed by atoms with Crippen molar-refractivity contribution in [1.82, 2.24) is 10.2 Å². The first-order chi connectivity index (χ1) is 8.53. The minimum atomic E-state index is -0.503. The second-order valence-corrected chi connectivity index (χ2v) is 5.79. The van der Waals surface area contributed by atoms with Crippen LogP contribution in [0.3, 0.4) is 0 Å². The molecule has 2 aliphatic rings. The highest BCUT2D eigenvalue weighted by atomic mass is 16.5. The van der Waals surface area contributed by atoms with Gasteiger partial charge in [0.05, 0.1) is 18.8 Å². The number of morpholine rings is 1. The highest BCUT2D eigenvalue weighted by Crippen LogP contribution is 2.33. The molecule has 0 spiro atoms. The van der Waals surface area contributed by atoms with E-state index in [1.54, 1.807) is 0 Å². The van der Waals surface area contributed by atoms with Crippen LogP contribution >= 0.6 is 0 Å². The quantitative estimate of drug-likeness (QED) is 0.747. The summed E-state index contributed by atoms with van der Waals surface area (Å²) in [6.07, 6.45) is 2.73. The Kier molecular flexibility index (Phi) is 4.25. The van der Waals surface area contributed by atoms with E-state index in [-0.39, 0.29) is 11.9 Å². The van der Waals surface area contributed by atoms with Crippen LogP contribution in [0.5, 0.6) is 0 Å². The lowest BCUT2D eigenvalue weighted by Crippen LogP contribution is -2.57. The molecule has 0 radical (unpaired) electrons. The molecule has 5 heteroatoms. The van der Waals surface area contributed by atoms with Gasteiger partial charge in [-0.05, 0) is 33.1 Å². The molecule has 0 aromatic rings. The lowest BCUT2D eigenvalue weighted by Gasteiger charge is -2.34. The predicted molar refractivity (Wildman–Crippen MR) is 70.2 cm³/mol. The molecular formula is C13H25N3O2. The standard InChI is InChI=1S/C13H25N3O2/c1-10(2)15-13(12(14)17)4-3-11(9-13)16-5-7-18-8-6-16/h10-11,15H,3-9H2,1-2H3,(H2,14,17). The first kappa shape index (κ1) is 13.8. The zero-order valence-electron chi connectivity index (χ0n) is 11.4. The number of nitrogens with zero attached hydrogens (tertiary/aromatic N) is 1. The third-order valence-corrected chi connectivity index (χ3v) is 4.09. The summed E-state index contributed by atoms with van der Waals surface area (Å²) in [6, 6.07) is 0.744. The van der Waals surface area contributed by atoms with Crippen LogP contribution in [0.4, 0.5) is 0 Å². The Morgan fingerprint density at radius 2 is 2.11 bits per heavy atom. The van der Waals surface area contributed by atoms with E-state index in [9.17, 15) is 4.79 Å². The van der Waals surface area contributed by atoms with Crippen LogP contribution in [-0.4, -0.2) is 54.7 Å². The molecule has 2 atom stereocenters. The van der Waals surface area contributed by atoms with Gasteiger partial charge in [-0.1, -0.05) is 0 Å². The molecule has 3 N–H and O–H groups in total. The molecule has 1 aliphatic heterocycles. The van der Waals surface area contributed by atoms with E-state index in [2.05, 4.69) is 24.1 Å². The summed E-state index contributed by atoms with van der Waals surface area (Å²) in [5.74, 6) is -0.202. The fourth-order valence-electron chi connectivity index (χ4n) is 3.25. The Bertz CT molecular complexity index is 303. The van der Waals surface area contributed by atoms with Crippen LogP contribution in [0.2, 0.25) is 0 Å².